The Labute approximate surface area is 269 Å². The van der Waals surface area contributed by atoms with Crippen LogP contribution in [0.5, 0.6) is 0 Å². The second-order valence-corrected chi connectivity index (χ2v) is 13.3. The third-order valence-corrected chi connectivity index (χ3v) is 8.69. The number of carbonyl (C=O) groups is 1. The van der Waals surface area contributed by atoms with Crippen molar-refractivity contribution < 1.29 is 24.1 Å². The molecule has 1 fully saturated rings. The van der Waals surface area contributed by atoms with Gasteiger partial charge < -0.3 is 25.1 Å². The number of pyridine rings is 1. The van der Waals surface area contributed by atoms with Crippen LogP contribution in [0.3, 0.4) is 0 Å². The van der Waals surface area contributed by atoms with E-state index in [0.717, 1.165) is 38.1 Å². The van der Waals surface area contributed by atoms with Gasteiger partial charge in [0.15, 0.2) is 12.5 Å². The number of thioether (sulfide) groups is 1. The van der Waals surface area contributed by atoms with E-state index in [1.807, 2.05) is 78.9 Å². The molecule has 4 aromatic rings. The van der Waals surface area contributed by atoms with E-state index in [1.165, 1.54) is 18.0 Å². The molecule has 224 valence electrons. The SMILES string of the molecule is O=C(NCc1ccccc1-c1ccc(C2OC(CSc3cccc[n+]3[O-])CC(c3ccc(CO)cc3)O2)cc1)C(Cl)(Cl)Cl. The Morgan fingerprint density at radius 3 is 2.35 bits per heavy atom. The van der Waals surface area contributed by atoms with Crippen molar-refractivity contribution in [2.24, 2.45) is 0 Å². The van der Waals surface area contributed by atoms with E-state index >= 15 is 0 Å². The van der Waals surface area contributed by atoms with E-state index in [-0.39, 0.29) is 25.4 Å². The van der Waals surface area contributed by atoms with E-state index in [4.69, 9.17) is 44.3 Å². The molecule has 0 bridgehead atoms. The summed E-state index contributed by atoms with van der Waals surface area (Å²) in [4.78, 5) is 12.1. The lowest BCUT2D eigenvalue weighted by Crippen LogP contribution is -2.34. The minimum Gasteiger partial charge on any atom is -0.618 e. The van der Waals surface area contributed by atoms with Gasteiger partial charge in [-0.25, -0.2) is 0 Å². The van der Waals surface area contributed by atoms with Crippen LogP contribution in [0, 0.1) is 5.21 Å². The highest BCUT2D eigenvalue weighted by molar-refractivity contribution is 7.99. The smallest absolute Gasteiger partial charge is 0.272 e. The molecule has 11 heteroatoms. The summed E-state index contributed by atoms with van der Waals surface area (Å²) in [6.07, 6.45) is 1.03. The standard InChI is InChI=1S/C32H29Cl3N2O5S/c33-32(34,35)31(39)36-18-25-5-1-2-6-27(25)22-12-14-24(15-13-22)30-41-26(20-43-29-7-3-4-16-37(29)40)17-28(42-30)23-10-8-21(19-38)9-11-23/h1-16,26,28,30,38H,17-20H2,(H,36,39). The van der Waals surface area contributed by atoms with Gasteiger partial charge in [-0.05, 0) is 33.9 Å². The molecule has 0 aliphatic carbocycles. The molecule has 3 aromatic carbocycles. The van der Waals surface area contributed by atoms with Gasteiger partial charge in [-0.3, -0.25) is 4.79 Å². The van der Waals surface area contributed by atoms with Gasteiger partial charge in [-0.1, -0.05) is 119 Å². The van der Waals surface area contributed by atoms with E-state index < -0.39 is 16.0 Å². The topological polar surface area (TPSA) is 94.7 Å². The maximum Gasteiger partial charge on any atom is 0.272 e. The number of hydrogen-bond acceptors (Lipinski definition) is 6. The molecule has 1 aliphatic heterocycles. The molecular weight excluding hydrogens is 631 g/mol. The molecule has 1 aromatic heterocycles. The Morgan fingerprint density at radius 2 is 1.65 bits per heavy atom. The van der Waals surface area contributed by atoms with Gasteiger partial charge in [0.25, 0.3) is 14.7 Å². The zero-order valence-corrected chi connectivity index (χ0v) is 26.0. The molecular formula is C32H29Cl3N2O5S. The van der Waals surface area contributed by atoms with Crippen LogP contribution in [0.1, 0.15) is 41.1 Å². The van der Waals surface area contributed by atoms with Crippen LogP contribution in [0.4, 0.5) is 0 Å². The van der Waals surface area contributed by atoms with Crippen molar-refractivity contribution in [3.63, 3.8) is 0 Å². The first-order valence-corrected chi connectivity index (χ1v) is 15.7. The summed E-state index contributed by atoms with van der Waals surface area (Å²) in [6.45, 7) is 0.165. The van der Waals surface area contributed by atoms with E-state index in [1.54, 1.807) is 12.1 Å². The van der Waals surface area contributed by atoms with Gasteiger partial charge in [0, 0.05) is 36.4 Å². The highest BCUT2D eigenvalue weighted by Gasteiger charge is 2.33. The number of rotatable bonds is 9. The number of nitrogens with one attached hydrogen (secondary N) is 1. The van der Waals surface area contributed by atoms with Crippen molar-refractivity contribution in [3.8, 4) is 11.1 Å². The summed E-state index contributed by atoms with van der Waals surface area (Å²) >= 11 is 18.5. The molecule has 2 heterocycles. The molecule has 0 saturated carbocycles. The highest BCUT2D eigenvalue weighted by Crippen LogP contribution is 2.40. The number of aromatic nitrogens is 1. The summed E-state index contributed by atoms with van der Waals surface area (Å²) in [5, 5.41) is 24.9. The van der Waals surface area contributed by atoms with Crippen LogP contribution < -0.4 is 10.0 Å². The number of ether oxygens (including phenoxy) is 2. The summed E-state index contributed by atoms with van der Waals surface area (Å²) in [5.74, 6) is -0.122. The maximum absolute atomic E-state index is 12.2. The fourth-order valence-electron chi connectivity index (χ4n) is 4.78. The van der Waals surface area contributed by atoms with Crippen molar-refractivity contribution in [2.45, 2.75) is 46.9 Å². The van der Waals surface area contributed by atoms with Crippen molar-refractivity contribution >= 4 is 52.5 Å². The number of amides is 1. The minimum atomic E-state index is -2.04. The molecule has 0 radical (unpaired) electrons. The summed E-state index contributed by atoms with van der Waals surface area (Å²) in [5.41, 5.74) is 5.38. The van der Waals surface area contributed by atoms with E-state index in [9.17, 15) is 15.1 Å². The molecule has 3 atom stereocenters. The van der Waals surface area contributed by atoms with Crippen LogP contribution in [-0.2, 0) is 27.4 Å². The number of hydrogen-bond donors (Lipinski definition) is 2. The van der Waals surface area contributed by atoms with Gasteiger partial charge in [-0.2, -0.15) is 4.73 Å². The number of carbonyl (C=O) groups excluding carboxylic acids is 1. The Balaban J connectivity index is 1.35. The second kappa shape index (κ2) is 14.3. The molecule has 0 spiro atoms. The fourth-order valence-corrected chi connectivity index (χ4v) is 5.91. The fraction of sp³-hybridized carbons (Fsp3) is 0.250. The third kappa shape index (κ3) is 8.22. The highest BCUT2D eigenvalue weighted by atomic mass is 35.6. The first kappa shape index (κ1) is 31.6. The van der Waals surface area contributed by atoms with Crippen LogP contribution >= 0.6 is 46.6 Å². The molecule has 1 saturated heterocycles. The van der Waals surface area contributed by atoms with Crippen molar-refractivity contribution in [1.29, 1.82) is 0 Å². The molecule has 43 heavy (non-hydrogen) atoms. The molecule has 5 rings (SSSR count). The molecule has 3 unspecified atom stereocenters. The largest absolute Gasteiger partial charge is 0.618 e. The summed E-state index contributed by atoms with van der Waals surface area (Å²) < 4.78 is 11.7. The zero-order valence-electron chi connectivity index (χ0n) is 22.9. The first-order valence-electron chi connectivity index (χ1n) is 13.6. The predicted molar refractivity (Wildman–Crippen MR) is 169 cm³/mol. The Hall–Kier alpha value is -2.82. The van der Waals surface area contributed by atoms with E-state index in [2.05, 4.69) is 5.32 Å². The second-order valence-electron chi connectivity index (χ2n) is 9.99. The number of aliphatic hydroxyl groups is 1. The van der Waals surface area contributed by atoms with Crippen LogP contribution in [0.2, 0.25) is 0 Å². The maximum atomic E-state index is 12.2. The normalized spacial score (nSPS) is 18.7. The lowest BCUT2D eigenvalue weighted by molar-refractivity contribution is -0.645. The molecule has 1 aliphatic rings. The van der Waals surface area contributed by atoms with Crippen LogP contribution in [0.15, 0.2) is 102 Å². The molecule has 2 N–H and O–H groups in total. The Morgan fingerprint density at radius 1 is 0.953 bits per heavy atom. The molecule has 1 amide bonds. The van der Waals surface area contributed by atoms with Gasteiger partial charge in [0.05, 0.1) is 18.8 Å². The lowest BCUT2D eigenvalue weighted by atomic mass is 9.98. The monoisotopic (exact) mass is 658 g/mol. The average Bonchev–Trinajstić information content (AvgIpc) is 3.03. The van der Waals surface area contributed by atoms with Gasteiger partial charge in [0.1, 0.15) is 0 Å². The van der Waals surface area contributed by atoms with E-state index in [0.29, 0.717) is 17.2 Å². The van der Waals surface area contributed by atoms with Gasteiger partial charge >= 0.3 is 0 Å². The quantitative estimate of drug-likeness (QED) is 0.0888. The number of aliphatic hydroxyl groups excluding tert-OH is 1. The van der Waals surface area contributed by atoms with Crippen LogP contribution in [0.25, 0.3) is 11.1 Å². The zero-order chi connectivity index (χ0) is 30.4. The van der Waals surface area contributed by atoms with Crippen molar-refractivity contribution in [2.75, 3.05) is 5.75 Å². The predicted octanol–water partition coefficient (Wildman–Crippen LogP) is 6.80. The number of benzene rings is 3. The minimum absolute atomic E-state index is 0.0299. The number of alkyl halides is 3. The molecule has 7 nitrogen and oxygen atoms in total. The lowest BCUT2D eigenvalue weighted by Gasteiger charge is -2.36. The number of halogens is 3. The Bertz CT molecular complexity index is 1530. The van der Waals surface area contributed by atoms with Crippen molar-refractivity contribution in [1.82, 2.24) is 5.32 Å². The van der Waals surface area contributed by atoms with Gasteiger partial charge in [0.2, 0.25) is 0 Å². The summed E-state index contributed by atoms with van der Waals surface area (Å²) in [6, 6.07) is 28.6. The summed E-state index contributed by atoms with van der Waals surface area (Å²) in [7, 11) is 0. The van der Waals surface area contributed by atoms with Crippen molar-refractivity contribution in [3.05, 3.63) is 125 Å². The van der Waals surface area contributed by atoms with Crippen LogP contribution in [-0.4, -0.2) is 26.7 Å². The average molecular weight is 660 g/mol. The third-order valence-electron chi connectivity index (χ3n) is 7.03. The van der Waals surface area contributed by atoms with Gasteiger partial charge in [-0.15, -0.1) is 0 Å². The number of nitrogens with zero attached hydrogens (tertiary/aromatic N) is 1. The first-order chi connectivity index (χ1) is 20.7. The Kier molecular flexibility index (Phi) is 10.5.